The van der Waals surface area contributed by atoms with Gasteiger partial charge in [-0.3, -0.25) is 4.79 Å². The molecule has 0 radical (unpaired) electrons. The van der Waals surface area contributed by atoms with E-state index in [-0.39, 0.29) is 5.91 Å². The lowest BCUT2D eigenvalue weighted by atomic mass is 9.93. The number of aromatic nitrogens is 1. The number of amides is 1. The minimum Gasteiger partial charge on any atom is -0.444 e. The minimum atomic E-state index is -0.554. The van der Waals surface area contributed by atoms with Gasteiger partial charge in [-0.1, -0.05) is 0 Å². The predicted molar refractivity (Wildman–Crippen MR) is 55.9 cm³/mol. The molecule has 1 heterocycles. The summed E-state index contributed by atoms with van der Waals surface area (Å²) in [6, 6.07) is 0. The van der Waals surface area contributed by atoms with Gasteiger partial charge >= 0.3 is 0 Å². The van der Waals surface area contributed by atoms with Crippen molar-refractivity contribution in [1.82, 2.24) is 10.3 Å². The number of nitrogens with zero attached hydrogens (tertiary/aromatic N) is 1. The monoisotopic (exact) mass is 211 g/mol. The Hall–Kier alpha value is -1.36. The molecule has 5 heteroatoms. The molecule has 3 N–H and O–H groups in total. The van der Waals surface area contributed by atoms with Gasteiger partial charge in [0.15, 0.2) is 0 Å². The van der Waals surface area contributed by atoms with E-state index in [1.165, 1.54) is 0 Å². The van der Waals surface area contributed by atoms with E-state index in [4.69, 9.17) is 10.2 Å². The van der Waals surface area contributed by atoms with Crippen molar-refractivity contribution in [1.29, 1.82) is 0 Å². The Balaban J connectivity index is 2.47. The summed E-state index contributed by atoms with van der Waals surface area (Å²) < 4.78 is 5.22. The van der Waals surface area contributed by atoms with E-state index in [9.17, 15) is 4.79 Å². The van der Waals surface area contributed by atoms with E-state index in [0.29, 0.717) is 19.0 Å². The Morgan fingerprint density at radius 2 is 2.33 bits per heavy atom. The fraction of sp³-hybridized carbons (Fsp3) is 0.600. The first-order chi connectivity index (χ1) is 6.95. The molecule has 0 aromatic carbocycles. The van der Waals surface area contributed by atoms with E-state index in [2.05, 4.69) is 10.3 Å². The summed E-state index contributed by atoms with van der Waals surface area (Å²) >= 11 is 0. The highest BCUT2D eigenvalue weighted by atomic mass is 16.4. The molecular weight excluding hydrogens is 194 g/mol. The van der Waals surface area contributed by atoms with E-state index < -0.39 is 5.41 Å². The third kappa shape index (κ3) is 3.06. The quantitative estimate of drug-likeness (QED) is 0.763. The normalized spacial score (nSPS) is 11.5. The standard InChI is InChI=1S/C10H17N3O2/c1-7-4-12-8(15-7)5-13-9(14)10(2,3)6-11/h4H,5-6,11H2,1-3H3,(H,13,14). The van der Waals surface area contributed by atoms with Crippen LogP contribution in [0.15, 0.2) is 10.6 Å². The van der Waals surface area contributed by atoms with Gasteiger partial charge in [-0.2, -0.15) is 0 Å². The fourth-order valence-corrected chi connectivity index (χ4v) is 0.971. The second-order valence-corrected chi connectivity index (χ2v) is 4.14. The summed E-state index contributed by atoms with van der Waals surface area (Å²) in [6.07, 6.45) is 1.62. The van der Waals surface area contributed by atoms with Gasteiger partial charge in [0, 0.05) is 6.54 Å². The maximum Gasteiger partial charge on any atom is 0.227 e. The van der Waals surface area contributed by atoms with Crippen molar-refractivity contribution in [2.45, 2.75) is 27.3 Å². The van der Waals surface area contributed by atoms with Crippen molar-refractivity contribution in [2.75, 3.05) is 6.54 Å². The molecule has 0 aliphatic rings. The summed E-state index contributed by atoms with van der Waals surface area (Å²) in [6.45, 7) is 6.01. The van der Waals surface area contributed by atoms with Crippen molar-refractivity contribution in [3.63, 3.8) is 0 Å². The van der Waals surface area contributed by atoms with Crippen molar-refractivity contribution < 1.29 is 9.21 Å². The van der Waals surface area contributed by atoms with E-state index >= 15 is 0 Å². The van der Waals surface area contributed by atoms with Crippen LogP contribution in [0.1, 0.15) is 25.5 Å². The zero-order valence-electron chi connectivity index (χ0n) is 9.33. The number of aryl methyl sites for hydroxylation is 1. The van der Waals surface area contributed by atoms with E-state index in [0.717, 1.165) is 5.76 Å². The maximum absolute atomic E-state index is 11.6. The van der Waals surface area contributed by atoms with E-state index in [1.54, 1.807) is 20.0 Å². The molecule has 84 valence electrons. The van der Waals surface area contributed by atoms with Crippen molar-refractivity contribution in [3.8, 4) is 0 Å². The third-order valence-electron chi connectivity index (χ3n) is 2.19. The molecule has 1 rings (SSSR count). The molecule has 15 heavy (non-hydrogen) atoms. The SMILES string of the molecule is Cc1cnc(CNC(=O)C(C)(C)CN)o1. The summed E-state index contributed by atoms with van der Waals surface area (Å²) in [5.74, 6) is 1.15. The average molecular weight is 211 g/mol. The van der Waals surface area contributed by atoms with Gasteiger partial charge in [-0.25, -0.2) is 4.98 Å². The Kier molecular flexibility index (Phi) is 3.47. The molecule has 0 aliphatic carbocycles. The van der Waals surface area contributed by atoms with Crippen LogP contribution in [0.25, 0.3) is 0 Å². The molecule has 0 saturated carbocycles. The highest BCUT2D eigenvalue weighted by molar-refractivity contribution is 5.81. The van der Waals surface area contributed by atoms with Crippen LogP contribution < -0.4 is 11.1 Å². The first-order valence-corrected chi connectivity index (χ1v) is 4.85. The van der Waals surface area contributed by atoms with E-state index in [1.807, 2.05) is 6.92 Å². The number of oxazole rings is 1. The Morgan fingerprint density at radius 1 is 1.67 bits per heavy atom. The zero-order chi connectivity index (χ0) is 11.5. The van der Waals surface area contributed by atoms with Crippen LogP contribution in [0.5, 0.6) is 0 Å². The molecule has 1 aromatic rings. The van der Waals surface area contributed by atoms with Crippen molar-refractivity contribution in [2.24, 2.45) is 11.1 Å². The largest absolute Gasteiger partial charge is 0.444 e. The van der Waals surface area contributed by atoms with Crippen LogP contribution in [0.3, 0.4) is 0 Å². The summed E-state index contributed by atoms with van der Waals surface area (Å²) in [5, 5.41) is 2.73. The number of rotatable bonds is 4. The predicted octanol–water partition coefficient (Wildman–Crippen LogP) is 0.584. The lowest BCUT2D eigenvalue weighted by molar-refractivity contribution is -0.129. The number of nitrogens with two attached hydrogens (primary N) is 1. The first-order valence-electron chi connectivity index (χ1n) is 4.85. The minimum absolute atomic E-state index is 0.0964. The average Bonchev–Trinajstić information content (AvgIpc) is 2.60. The second kappa shape index (κ2) is 4.44. The lowest BCUT2D eigenvalue weighted by Gasteiger charge is -2.20. The van der Waals surface area contributed by atoms with Gasteiger partial charge in [0.2, 0.25) is 11.8 Å². The summed E-state index contributed by atoms with van der Waals surface area (Å²) in [5.41, 5.74) is 4.93. The van der Waals surface area contributed by atoms with Crippen LogP contribution >= 0.6 is 0 Å². The molecule has 0 bridgehead atoms. The number of hydrogen-bond donors (Lipinski definition) is 2. The van der Waals surface area contributed by atoms with Crippen LogP contribution in [-0.4, -0.2) is 17.4 Å². The topological polar surface area (TPSA) is 81.2 Å². The Bertz CT molecular complexity index is 344. The van der Waals surface area contributed by atoms with Gasteiger partial charge in [0.25, 0.3) is 0 Å². The van der Waals surface area contributed by atoms with Crippen LogP contribution in [0.2, 0.25) is 0 Å². The molecule has 0 unspecified atom stereocenters. The Morgan fingerprint density at radius 3 is 2.80 bits per heavy atom. The van der Waals surface area contributed by atoms with Crippen molar-refractivity contribution >= 4 is 5.91 Å². The second-order valence-electron chi connectivity index (χ2n) is 4.14. The van der Waals surface area contributed by atoms with Crippen molar-refractivity contribution in [3.05, 3.63) is 17.8 Å². The zero-order valence-corrected chi connectivity index (χ0v) is 9.33. The highest BCUT2D eigenvalue weighted by Gasteiger charge is 2.25. The molecule has 0 aliphatic heterocycles. The molecular formula is C10H17N3O2. The fourth-order valence-electron chi connectivity index (χ4n) is 0.971. The highest BCUT2D eigenvalue weighted by Crippen LogP contribution is 2.12. The smallest absolute Gasteiger partial charge is 0.227 e. The molecule has 0 atom stereocenters. The number of carbonyl (C=O) groups is 1. The lowest BCUT2D eigenvalue weighted by Crippen LogP contribution is -2.41. The molecule has 0 spiro atoms. The number of hydrogen-bond acceptors (Lipinski definition) is 4. The maximum atomic E-state index is 11.6. The molecule has 0 fully saturated rings. The molecule has 1 aromatic heterocycles. The summed E-state index contributed by atoms with van der Waals surface area (Å²) in [4.78, 5) is 15.6. The number of nitrogens with one attached hydrogen (secondary N) is 1. The van der Waals surface area contributed by atoms with Crippen LogP contribution in [0, 0.1) is 12.3 Å². The Labute approximate surface area is 89.1 Å². The first kappa shape index (κ1) is 11.7. The molecule has 5 nitrogen and oxygen atoms in total. The summed E-state index contributed by atoms with van der Waals surface area (Å²) in [7, 11) is 0. The van der Waals surface area contributed by atoms with Gasteiger partial charge in [0.1, 0.15) is 5.76 Å². The third-order valence-corrected chi connectivity index (χ3v) is 2.19. The molecule has 0 saturated heterocycles. The van der Waals surface area contributed by atoms with Gasteiger partial charge in [-0.15, -0.1) is 0 Å². The van der Waals surface area contributed by atoms with Gasteiger partial charge in [0.05, 0.1) is 18.2 Å². The van der Waals surface area contributed by atoms with Crippen LogP contribution in [0.4, 0.5) is 0 Å². The van der Waals surface area contributed by atoms with Gasteiger partial charge in [-0.05, 0) is 20.8 Å². The number of carbonyl (C=O) groups excluding carboxylic acids is 1. The molecule has 1 amide bonds. The van der Waals surface area contributed by atoms with Crippen LogP contribution in [-0.2, 0) is 11.3 Å². The van der Waals surface area contributed by atoms with Gasteiger partial charge < -0.3 is 15.5 Å².